The van der Waals surface area contributed by atoms with Crippen LogP contribution in [0.3, 0.4) is 0 Å². The Bertz CT molecular complexity index is 1010. The molecule has 29 heavy (non-hydrogen) atoms. The average molecular weight is 404 g/mol. The topological polar surface area (TPSA) is 26.3 Å². The van der Waals surface area contributed by atoms with Gasteiger partial charge in [-0.3, -0.25) is 0 Å². The molecule has 0 bridgehead atoms. The number of rotatable bonds is 4. The van der Waals surface area contributed by atoms with Crippen LogP contribution in [0.4, 0.5) is 0 Å². The Labute approximate surface area is 176 Å². The van der Waals surface area contributed by atoms with E-state index in [1.807, 2.05) is 30.3 Å². The minimum atomic E-state index is -0.355. The fourth-order valence-electron chi connectivity index (χ4n) is 3.98. The average Bonchev–Trinajstić information content (AvgIpc) is 2.67. The molecular weight excluding hydrogens is 375 g/mol. The first-order valence-corrected chi connectivity index (χ1v) is 10.7. The molecule has 0 spiro atoms. The minimum Gasteiger partial charge on any atom is -0.407 e. The lowest BCUT2D eigenvalue weighted by Crippen LogP contribution is -2.23. The molecule has 0 saturated carbocycles. The third-order valence-corrected chi connectivity index (χ3v) is 5.41. The van der Waals surface area contributed by atoms with E-state index in [0.717, 1.165) is 16.7 Å². The maximum absolute atomic E-state index is 11.3. The van der Waals surface area contributed by atoms with Gasteiger partial charge >= 0.3 is 8.69 Å². The highest BCUT2D eigenvalue weighted by Gasteiger charge is 2.29. The molecule has 0 aliphatic rings. The highest BCUT2D eigenvalue weighted by Crippen LogP contribution is 2.46. The van der Waals surface area contributed by atoms with Crippen LogP contribution in [0.2, 0.25) is 0 Å². The molecule has 3 aromatic carbocycles. The maximum atomic E-state index is 11.3. The molecule has 0 aromatic heterocycles. The van der Waals surface area contributed by atoms with Crippen molar-refractivity contribution in [2.45, 2.75) is 52.4 Å². The second-order valence-electron chi connectivity index (χ2n) is 9.44. The van der Waals surface area contributed by atoms with Gasteiger partial charge in [0.2, 0.25) is 0 Å². The van der Waals surface area contributed by atoms with Crippen molar-refractivity contribution in [2.75, 3.05) is 0 Å². The summed E-state index contributed by atoms with van der Waals surface area (Å²) in [6.45, 7) is 13.6. The number of hydrogen-bond donors (Lipinski definition) is 0. The van der Waals surface area contributed by atoms with Crippen LogP contribution >= 0.6 is 8.69 Å². The van der Waals surface area contributed by atoms with Crippen molar-refractivity contribution in [3.8, 4) is 28.0 Å². The van der Waals surface area contributed by atoms with Crippen molar-refractivity contribution in [1.29, 1.82) is 0 Å². The molecule has 0 amide bonds. The van der Waals surface area contributed by atoms with E-state index in [0.29, 0.717) is 5.75 Å². The first-order chi connectivity index (χ1) is 13.6. The van der Waals surface area contributed by atoms with Crippen LogP contribution in [0.1, 0.15) is 52.7 Å². The van der Waals surface area contributed by atoms with Gasteiger partial charge in [-0.2, -0.15) is 0 Å². The van der Waals surface area contributed by atoms with Crippen molar-refractivity contribution in [1.82, 2.24) is 0 Å². The third kappa shape index (κ3) is 4.43. The minimum absolute atomic E-state index is 0.0211. The van der Waals surface area contributed by atoms with Gasteiger partial charge in [-0.05, 0) is 44.7 Å². The van der Waals surface area contributed by atoms with E-state index >= 15 is 0 Å². The van der Waals surface area contributed by atoms with Gasteiger partial charge in [0.05, 0.1) is 0 Å². The van der Waals surface area contributed by atoms with Crippen LogP contribution in [-0.4, -0.2) is 0 Å². The van der Waals surface area contributed by atoms with Crippen molar-refractivity contribution < 1.29 is 9.09 Å². The molecule has 2 nitrogen and oxygen atoms in total. The first-order valence-electron chi connectivity index (χ1n) is 9.97. The summed E-state index contributed by atoms with van der Waals surface area (Å²) in [6, 6.07) is 22.7. The fraction of sp³-hybridized carbons (Fsp3) is 0.308. The van der Waals surface area contributed by atoms with Crippen LogP contribution in [0.5, 0.6) is 5.75 Å². The molecule has 0 aliphatic heterocycles. The Balaban J connectivity index is 2.41. The molecule has 3 heteroatoms. The van der Waals surface area contributed by atoms with E-state index in [9.17, 15) is 4.57 Å². The predicted octanol–water partition coefficient (Wildman–Crippen LogP) is 8.20. The van der Waals surface area contributed by atoms with Crippen LogP contribution in [0.25, 0.3) is 22.3 Å². The van der Waals surface area contributed by atoms with Crippen molar-refractivity contribution in [3.05, 3.63) is 77.9 Å². The van der Waals surface area contributed by atoms with Gasteiger partial charge < -0.3 is 4.52 Å². The Hall–Kier alpha value is -2.44. The summed E-state index contributed by atoms with van der Waals surface area (Å²) in [5, 5.41) is 0. The van der Waals surface area contributed by atoms with Gasteiger partial charge in [0.15, 0.2) is 0 Å². The van der Waals surface area contributed by atoms with E-state index in [-0.39, 0.29) is 19.5 Å². The summed E-state index contributed by atoms with van der Waals surface area (Å²) in [4.78, 5) is 0. The van der Waals surface area contributed by atoms with Crippen LogP contribution in [-0.2, 0) is 15.4 Å². The van der Waals surface area contributed by atoms with Crippen LogP contribution in [0.15, 0.2) is 66.7 Å². The molecule has 150 valence electrons. The standard InChI is InChI=1S/C26H29O2P/c1-25(2,3)21-16-10-15-20(24(21)26(4,5)6)19-14-11-17-22(28-29-27)23(19)18-12-8-7-9-13-18/h7-17H,1-6H3. The smallest absolute Gasteiger partial charge is 0.395 e. The van der Waals surface area contributed by atoms with E-state index in [2.05, 4.69) is 77.9 Å². The molecule has 0 unspecified atom stereocenters. The molecule has 0 heterocycles. The Morgan fingerprint density at radius 1 is 0.690 bits per heavy atom. The molecule has 0 saturated heterocycles. The molecule has 3 aromatic rings. The SMILES string of the molecule is CC(C)(C)c1cccc(-c2cccc(OP=O)c2-c2ccccc2)c1C(C)(C)C. The summed E-state index contributed by atoms with van der Waals surface area (Å²) in [7, 11) is -0.355. The van der Waals surface area contributed by atoms with Crippen molar-refractivity contribution in [2.24, 2.45) is 0 Å². The quantitative estimate of drug-likeness (QED) is 0.410. The van der Waals surface area contributed by atoms with E-state index in [1.165, 1.54) is 16.7 Å². The van der Waals surface area contributed by atoms with Gasteiger partial charge in [-0.1, -0.05) is 102 Å². The van der Waals surface area contributed by atoms with Gasteiger partial charge in [0.1, 0.15) is 5.75 Å². The lowest BCUT2D eigenvalue weighted by Gasteiger charge is -2.33. The first kappa shape index (κ1) is 21.3. The highest BCUT2D eigenvalue weighted by atomic mass is 31.1. The van der Waals surface area contributed by atoms with Crippen molar-refractivity contribution >= 4 is 8.69 Å². The summed E-state index contributed by atoms with van der Waals surface area (Å²) < 4.78 is 16.8. The Morgan fingerprint density at radius 3 is 1.90 bits per heavy atom. The molecule has 3 rings (SSSR count). The van der Waals surface area contributed by atoms with E-state index in [4.69, 9.17) is 4.52 Å². The monoisotopic (exact) mass is 404 g/mol. The number of hydrogen-bond acceptors (Lipinski definition) is 2. The van der Waals surface area contributed by atoms with E-state index in [1.54, 1.807) is 0 Å². The largest absolute Gasteiger partial charge is 0.407 e. The molecular formula is C26H29O2P. The zero-order valence-corrected chi connectivity index (χ0v) is 19.0. The second kappa shape index (κ2) is 8.13. The predicted molar refractivity (Wildman–Crippen MR) is 123 cm³/mol. The zero-order chi connectivity index (χ0) is 21.2. The van der Waals surface area contributed by atoms with Gasteiger partial charge in [0, 0.05) is 5.56 Å². The normalized spacial score (nSPS) is 12.2. The summed E-state index contributed by atoms with van der Waals surface area (Å²) >= 11 is 0. The van der Waals surface area contributed by atoms with Gasteiger partial charge in [-0.25, -0.2) is 4.57 Å². The Morgan fingerprint density at radius 2 is 1.31 bits per heavy atom. The summed E-state index contributed by atoms with van der Waals surface area (Å²) in [5.41, 5.74) is 6.95. The summed E-state index contributed by atoms with van der Waals surface area (Å²) in [5.74, 6) is 0.617. The van der Waals surface area contributed by atoms with Crippen molar-refractivity contribution in [3.63, 3.8) is 0 Å². The molecule has 0 fully saturated rings. The van der Waals surface area contributed by atoms with Crippen LogP contribution in [0, 0.1) is 0 Å². The highest BCUT2D eigenvalue weighted by molar-refractivity contribution is 7.17. The second-order valence-corrected chi connectivity index (χ2v) is 9.77. The maximum Gasteiger partial charge on any atom is 0.395 e. The van der Waals surface area contributed by atoms with Gasteiger partial charge in [0.25, 0.3) is 0 Å². The van der Waals surface area contributed by atoms with E-state index < -0.39 is 0 Å². The molecule has 0 N–H and O–H groups in total. The third-order valence-electron chi connectivity index (χ3n) is 5.14. The molecule has 0 radical (unpaired) electrons. The lowest BCUT2D eigenvalue weighted by molar-refractivity contribution is 0.526. The van der Waals surface area contributed by atoms with Crippen LogP contribution < -0.4 is 4.52 Å². The molecule has 0 atom stereocenters. The fourth-order valence-corrected chi connectivity index (χ4v) is 4.22. The number of benzene rings is 3. The molecule has 0 aliphatic carbocycles. The summed E-state index contributed by atoms with van der Waals surface area (Å²) in [6.07, 6.45) is 0. The lowest BCUT2D eigenvalue weighted by atomic mass is 9.71. The zero-order valence-electron chi connectivity index (χ0n) is 18.1. The van der Waals surface area contributed by atoms with Gasteiger partial charge in [-0.15, -0.1) is 0 Å². The Kier molecular flexibility index (Phi) is 5.96.